The van der Waals surface area contributed by atoms with Gasteiger partial charge in [-0.3, -0.25) is 0 Å². The molecule has 0 bridgehead atoms. The summed E-state index contributed by atoms with van der Waals surface area (Å²) < 4.78 is 6.00. The van der Waals surface area contributed by atoms with Gasteiger partial charge in [0.25, 0.3) is 0 Å². The summed E-state index contributed by atoms with van der Waals surface area (Å²) in [7, 11) is 0. The van der Waals surface area contributed by atoms with E-state index in [2.05, 4.69) is 5.16 Å². The van der Waals surface area contributed by atoms with E-state index in [1.54, 1.807) is 0 Å². The zero-order valence-electron chi connectivity index (χ0n) is 11.6. The van der Waals surface area contributed by atoms with Crippen LogP contribution in [-0.4, -0.2) is 17.6 Å². The molecule has 4 nitrogen and oxygen atoms in total. The molecule has 0 amide bonds. The lowest BCUT2D eigenvalue weighted by atomic mass is 10.0. The van der Waals surface area contributed by atoms with Crippen LogP contribution >= 0.6 is 11.6 Å². The summed E-state index contributed by atoms with van der Waals surface area (Å²) in [6.45, 7) is 0.564. The molecule has 0 radical (unpaired) electrons. The Bertz CT molecular complexity index is 696. The lowest BCUT2D eigenvalue weighted by molar-refractivity contribution is 0.238. The van der Waals surface area contributed by atoms with Crippen molar-refractivity contribution in [2.75, 3.05) is 6.61 Å². The number of nitrogens with two attached hydrogens (primary N) is 1. The van der Waals surface area contributed by atoms with Crippen LogP contribution in [0.5, 0.6) is 5.75 Å². The second-order valence-electron chi connectivity index (χ2n) is 5.65. The highest BCUT2D eigenvalue weighted by atomic mass is 35.5. The summed E-state index contributed by atoms with van der Waals surface area (Å²) in [5, 5.41) is 14.4. The van der Waals surface area contributed by atoms with E-state index in [0.717, 1.165) is 34.4 Å². The van der Waals surface area contributed by atoms with Gasteiger partial charge in [0, 0.05) is 27.6 Å². The minimum atomic E-state index is 0.0110. The van der Waals surface area contributed by atoms with Gasteiger partial charge in [-0.1, -0.05) is 41.0 Å². The number of oxime groups is 1. The van der Waals surface area contributed by atoms with Crippen LogP contribution in [0.4, 0.5) is 0 Å². The number of halogens is 1. The fraction of sp³-hybridized carbons (Fsp3) is 0.312. The van der Waals surface area contributed by atoms with Crippen molar-refractivity contribution in [3.05, 3.63) is 41.4 Å². The molecule has 21 heavy (non-hydrogen) atoms. The Morgan fingerprint density at radius 1 is 1.24 bits per heavy atom. The second-order valence-corrected chi connectivity index (χ2v) is 6.06. The van der Waals surface area contributed by atoms with Gasteiger partial charge < -0.3 is 15.7 Å². The summed E-state index contributed by atoms with van der Waals surface area (Å²) in [5.41, 5.74) is 5.62. The molecule has 0 saturated heterocycles. The minimum absolute atomic E-state index is 0.0110. The minimum Gasteiger partial charge on any atom is -0.492 e. The van der Waals surface area contributed by atoms with Crippen LogP contribution in [0, 0.1) is 5.41 Å². The molecule has 0 heterocycles. The summed E-state index contributed by atoms with van der Waals surface area (Å²) in [5.74, 6) is 1.08. The Hall–Kier alpha value is -1.94. The smallest absolute Gasteiger partial charge is 0.139 e. The maximum atomic E-state index is 8.69. The van der Waals surface area contributed by atoms with Gasteiger partial charge >= 0.3 is 0 Å². The molecule has 0 aliphatic heterocycles. The number of ether oxygens (including phenoxy) is 1. The number of fused-ring (bicyclic) bond motifs is 1. The number of benzene rings is 2. The van der Waals surface area contributed by atoms with Crippen LogP contribution in [-0.2, 0) is 0 Å². The van der Waals surface area contributed by atoms with E-state index in [0.29, 0.717) is 13.0 Å². The van der Waals surface area contributed by atoms with Crippen LogP contribution in [0.15, 0.2) is 41.6 Å². The van der Waals surface area contributed by atoms with Crippen LogP contribution in [0.2, 0.25) is 5.02 Å². The van der Waals surface area contributed by atoms with Crippen molar-refractivity contribution in [1.29, 1.82) is 0 Å². The van der Waals surface area contributed by atoms with Crippen molar-refractivity contribution in [1.82, 2.24) is 0 Å². The third-order valence-corrected chi connectivity index (χ3v) is 4.34. The van der Waals surface area contributed by atoms with Crippen molar-refractivity contribution in [3.63, 3.8) is 0 Å². The monoisotopic (exact) mass is 304 g/mol. The number of hydrogen-bond acceptors (Lipinski definition) is 3. The third-order valence-electron chi connectivity index (χ3n) is 4.01. The van der Waals surface area contributed by atoms with Gasteiger partial charge in [-0.2, -0.15) is 0 Å². The van der Waals surface area contributed by atoms with Gasteiger partial charge in [0.15, 0.2) is 0 Å². The average Bonchev–Trinajstić information content (AvgIpc) is 3.27. The van der Waals surface area contributed by atoms with E-state index in [1.807, 2.05) is 36.4 Å². The quantitative estimate of drug-likeness (QED) is 0.382. The van der Waals surface area contributed by atoms with Gasteiger partial charge in [0.05, 0.1) is 6.61 Å². The molecule has 0 atom stereocenters. The molecule has 0 spiro atoms. The highest BCUT2D eigenvalue weighted by Gasteiger charge is 2.44. The first-order valence-electron chi connectivity index (χ1n) is 6.90. The van der Waals surface area contributed by atoms with Crippen molar-refractivity contribution >= 4 is 28.2 Å². The Balaban J connectivity index is 1.79. The van der Waals surface area contributed by atoms with E-state index in [9.17, 15) is 0 Å². The molecule has 110 valence electrons. The fourth-order valence-corrected chi connectivity index (χ4v) is 2.79. The van der Waals surface area contributed by atoms with Crippen LogP contribution in [0.25, 0.3) is 10.8 Å². The van der Waals surface area contributed by atoms with Crippen molar-refractivity contribution in [2.45, 2.75) is 19.3 Å². The molecule has 3 N–H and O–H groups in total. The SMILES string of the molecule is NC(CC1(COc2ccc(Cl)c3ccccc23)CC1)=NO. The molecule has 1 fully saturated rings. The number of nitrogens with zero attached hydrogens (tertiary/aromatic N) is 1. The lowest BCUT2D eigenvalue weighted by Crippen LogP contribution is -2.22. The zero-order valence-corrected chi connectivity index (χ0v) is 12.3. The summed E-state index contributed by atoms with van der Waals surface area (Å²) >= 11 is 6.20. The Kier molecular flexibility index (Phi) is 3.64. The van der Waals surface area contributed by atoms with Gasteiger partial charge in [-0.25, -0.2) is 0 Å². The molecule has 2 aromatic carbocycles. The largest absolute Gasteiger partial charge is 0.492 e. The van der Waals surface area contributed by atoms with E-state index in [4.69, 9.17) is 27.3 Å². The molecule has 3 rings (SSSR count). The predicted octanol–water partition coefficient (Wildman–Crippen LogP) is 3.79. The van der Waals surface area contributed by atoms with Crippen molar-refractivity contribution < 1.29 is 9.94 Å². The second kappa shape index (κ2) is 5.45. The van der Waals surface area contributed by atoms with Crippen molar-refractivity contribution in [3.8, 4) is 5.75 Å². The Morgan fingerprint density at radius 3 is 2.62 bits per heavy atom. The maximum absolute atomic E-state index is 8.69. The van der Waals surface area contributed by atoms with Crippen LogP contribution in [0.1, 0.15) is 19.3 Å². The van der Waals surface area contributed by atoms with E-state index in [1.165, 1.54) is 0 Å². The van der Waals surface area contributed by atoms with Gasteiger partial charge in [0.1, 0.15) is 11.6 Å². The molecule has 2 aromatic rings. The summed E-state index contributed by atoms with van der Waals surface area (Å²) in [6.07, 6.45) is 2.64. The molecular formula is C16H17ClN2O2. The molecule has 0 unspecified atom stereocenters. The average molecular weight is 305 g/mol. The van der Waals surface area contributed by atoms with Crippen LogP contribution in [0.3, 0.4) is 0 Å². The fourth-order valence-electron chi connectivity index (χ4n) is 2.56. The first kappa shape index (κ1) is 14.0. The first-order valence-corrected chi connectivity index (χ1v) is 7.28. The molecule has 1 aliphatic rings. The van der Waals surface area contributed by atoms with Crippen molar-refractivity contribution in [2.24, 2.45) is 16.3 Å². The van der Waals surface area contributed by atoms with E-state index < -0.39 is 0 Å². The Labute approximate surface area is 128 Å². The topological polar surface area (TPSA) is 67.8 Å². The highest BCUT2D eigenvalue weighted by Crippen LogP contribution is 2.49. The predicted molar refractivity (Wildman–Crippen MR) is 84.1 cm³/mol. The molecule has 1 saturated carbocycles. The number of hydrogen-bond donors (Lipinski definition) is 2. The zero-order chi connectivity index (χ0) is 14.9. The highest BCUT2D eigenvalue weighted by molar-refractivity contribution is 6.35. The molecular weight excluding hydrogens is 288 g/mol. The molecule has 5 heteroatoms. The summed E-state index contributed by atoms with van der Waals surface area (Å²) in [4.78, 5) is 0. The molecule has 0 aromatic heterocycles. The van der Waals surface area contributed by atoms with E-state index in [-0.39, 0.29) is 11.3 Å². The first-order chi connectivity index (χ1) is 10.1. The normalized spacial score (nSPS) is 16.9. The molecule has 1 aliphatic carbocycles. The maximum Gasteiger partial charge on any atom is 0.139 e. The third kappa shape index (κ3) is 2.90. The van der Waals surface area contributed by atoms with Gasteiger partial charge in [0.2, 0.25) is 0 Å². The Morgan fingerprint density at radius 2 is 1.95 bits per heavy atom. The number of rotatable bonds is 5. The lowest BCUT2D eigenvalue weighted by Gasteiger charge is -2.17. The summed E-state index contributed by atoms with van der Waals surface area (Å²) in [6, 6.07) is 11.6. The van der Waals surface area contributed by atoms with Gasteiger partial charge in [-0.05, 0) is 25.0 Å². The van der Waals surface area contributed by atoms with Crippen LogP contribution < -0.4 is 10.5 Å². The van der Waals surface area contributed by atoms with E-state index >= 15 is 0 Å². The number of amidine groups is 1. The van der Waals surface area contributed by atoms with Gasteiger partial charge in [-0.15, -0.1) is 0 Å². The standard InChI is InChI=1S/C16H17ClN2O2/c17-13-5-6-14(12-4-2-1-3-11(12)13)21-10-16(7-8-16)9-15(18)19-20/h1-6,20H,7-10H2,(H2,18,19).